The molecule has 8 nitrogen and oxygen atoms in total. The van der Waals surface area contributed by atoms with E-state index in [4.69, 9.17) is 16.1 Å². The molecule has 9 rings (SSSR count). The zero-order valence-electron chi connectivity index (χ0n) is 28.6. The Morgan fingerprint density at radius 3 is 2.38 bits per heavy atom. The number of amides is 1. The Morgan fingerprint density at radius 2 is 1.71 bits per heavy atom. The van der Waals surface area contributed by atoms with Crippen molar-refractivity contribution in [1.29, 1.82) is 0 Å². The van der Waals surface area contributed by atoms with E-state index >= 15 is 4.39 Å². The fourth-order valence-corrected chi connectivity index (χ4v) is 9.62. The number of likely N-dealkylation sites (tertiary alicyclic amines) is 1. The van der Waals surface area contributed by atoms with Crippen molar-refractivity contribution in [2.24, 2.45) is 17.3 Å². The molecule has 3 aromatic carbocycles. The minimum atomic E-state index is -4.97. The number of hydrogen-bond donors (Lipinski definition) is 1. The number of hydrogen-bond acceptors (Lipinski definition) is 7. The fraction of sp³-hybridized carbons (Fsp3) is 0.475. The van der Waals surface area contributed by atoms with Crippen LogP contribution in [0.15, 0.2) is 42.5 Å². The lowest BCUT2D eigenvalue weighted by Crippen LogP contribution is -2.59. The number of halogens is 4. The number of phenols is 1. The molecule has 4 unspecified atom stereocenters. The van der Waals surface area contributed by atoms with E-state index in [1.54, 1.807) is 36.4 Å². The number of rotatable bonds is 7. The highest BCUT2D eigenvalue weighted by Crippen LogP contribution is 2.49. The molecule has 2 bridgehead atoms. The van der Waals surface area contributed by atoms with E-state index in [0.29, 0.717) is 52.6 Å². The van der Waals surface area contributed by atoms with Crippen LogP contribution in [-0.2, 0) is 4.79 Å². The van der Waals surface area contributed by atoms with Crippen LogP contribution in [-0.4, -0.2) is 88.4 Å². The number of piperazine rings is 1. The fourth-order valence-electron chi connectivity index (χ4n) is 9.62. The van der Waals surface area contributed by atoms with Gasteiger partial charge in [-0.3, -0.25) is 4.79 Å². The van der Waals surface area contributed by atoms with Gasteiger partial charge < -0.3 is 24.5 Å². The molecule has 5 fully saturated rings. The molecule has 4 atom stereocenters. The number of fused-ring (bicyclic) bond motifs is 5. The summed E-state index contributed by atoms with van der Waals surface area (Å²) in [5.74, 6) is 2.04. The quantitative estimate of drug-likeness (QED) is 0.165. The number of nitrogens with zero attached hydrogens (tertiary/aromatic N) is 5. The Morgan fingerprint density at radius 1 is 0.981 bits per heavy atom. The van der Waals surface area contributed by atoms with Gasteiger partial charge in [-0.25, -0.2) is 4.39 Å². The Bertz CT molecular complexity index is 2120. The number of terminal acetylenes is 1. The maximum absolute atomic E-state index is 17.0. The van der Waals surface area contributed by atoms with Crippen molar-refractivity contribution in [3.05, 3.63) is 53.8 Å². The molecular weight excluding hydrogens is 674 g/mol. The lowest BCUT2D eigenvalue weighted by atomic mass is 9.93. The van der Waals surface area contributed by atoms with Crippen LogP contribution in [0.5, 0.6) is 11.8 Å². The number of aromatic nitrogens is 2. The number of anilines is 1. The summed E-state index contributed by atoms with van der Waals surface area (Å²) in [7, 11) is 0. The first-order valence-corrected chi connectivity index (χ1v) is 18.2. The van der Waals surface area contributed by atoms with E-state index in [-0.39, 0.29) is 41.3 Å². The molecule has 5 aliphatic rings. The van der Waals surface area contributed by atoms with Crippen LogP contribution in [0.25, 0.3) is 32.8 Å². The smallest absolute Gasteiger partial charge is 0.471 e. The van der Waals surface area contributed by atoms with Gasteiger partial charge in [0.25, 0.3) is 0 Å². The van der Waals surface area contributed by atoms with Crippen LogP contribution >= 0.6 is 0 Å². The average molecular weight is 714 g/mol. The van der Waals surface area contributed by atoms with Crippen LogP contribution in [0.4, 0.5) is 23.4 Å². The number of aromatic hydroxyl groups is 1. The van der Waals surface area contributed by atoms with Gasteiger partial charge >= 0.3 is 18.1 Å². The molecule has 2 aliphatic carbocycles. The van der Waals surface area contributed by atoms with Crippen molar-refractivity contribution >= 4 is 33.4 Å². The van der Waals surface area contributed by atoms with Crippen LogP contribution in [0.1, 0.15) is 50.5 Å². The van der Waals surface area contributed by atoms with Crippen LogP contribution in [0, 0.1) is 35.4 Å². The second-order valence-electron chi connectivity index (χ2n) is 15.6. The predicted octanol–water partition coefficient (Wildman–Crippen LogP) is 6.91. The van der Waals surface area contributed by atoms with Crippen LogP contribution in [0.3, 0.4) is 0 Å². The van der Waals surface area contributed by atoms with Gasteiger partial charge in [-0.15, -0.1) is 6.42 Å². The van der Waals surface area contributed by atoms with Gasteiger partial charge in [-0.1, -0.05) is 30.5 Å². The minimum absolute atomic E-state index is 0.00524. The van der Waals surface area contributed by atoms with Crippen molar-refractivity contribution in [2.75, 3.05) is 44.2 Å². The summed E-state index contributed by atoms with van der Waals surface area (Å²) in [5, 5.41) is 12.3. The van der Waals surface area contributed by atoms with Gasteiger partial charge in [0.05, 0.1) is 18.7 Å². The molecule has 3 saturated heterocycles. The maximum atomic E-state index is 17.0. The minimum Gasteiger partial charge on any atom is -0.508 e. The van der Waals surface area contributed by atoms with Crippen molar-refractivity contribution in [3.63, 3.8) is 0 Å². The molecule has 0 spiro atoms. The molecule has 12 heteroatoms. The molecule has 2 saturated carbocycles. The first-order valence-electron chi connectivity index (χ1n) is 18.2. The third-order valence-electron chi connectivity index (χ3n) is 12.3. The third kappa shape index (κ3) is 5.68. The van der Waals surface area contributed by atoms with Gasteiger partial charge in [-0.2, -0.15) is 23.1 Å². The molecule has 52 heavy (non-hydrogen) atoms. The van der Waals surface area contributed by atoms with E-state index < -0.39 is 30.0 Å². The number of ether oxygens (including phenoxy) is 1. The second kappa shape index (κ2) is 12.2. The average Bonchev–Trinajstić information content (AvgIpc) is 3.42. The topological polar surface area (TPSA) is 82.0 Å². The summed E-state index contributed by atoms with van der Waals surface area (Å²) >= 11 is 0. The Kier molecular flexibility index (Phi) is 7.81. The molecule has 270 valence electrons. The van der Waals surface area contributed by atoms with Crippen LogP contribution < -0.4 is 9.64 Å². The summed E-state index contributed by atoms with van der Waals surface area (Å²) in [4.78, 5) is 27.2. The molecule has 4 aromatic rings. The number of carbonyl (C=O) groups is 1. The second-order valence-corrected chi connectivity index (χ2v) is 15.6. The lowest BCUT2D eigenvalue weighted by Gasteiger charge is -2.42. The molecular formula is C40H39F4N5O3. The maximum Gasteiger partial charge on any atom is 0.471 e. The first kappa shape index (κ1) is 33.2. The normalized spacial score (nSPS) is 25.1. The number of phenolic OH excluding ortho intramolecular Hbond substituents is 1. The summed E-state index contributed by atoms with van der Waals surface area (Å²) in [6.45, 7) is 3.75. The Balaban J connectivity index is 1.09. The summed E-state index contributed by atoms with van der Waals surface area (Å²) in [5.41, 5.74) is 1.07. The molecule has 4 heterocycles. The standard InChI is InChI=1S/C40H39F4N5O3/c1-2-23-5-3-6-24-15-29(50)16-32(33(23)24)30-11-12-31-35(34(30)41)45-38(52-22-39(13-14-39)21-47-17-25-7-4-8-26(25)18-47)46-36(31)48-19-27-9-10-28(20-48)49(27)37(51)40(42,43)44/h1,3,5-6,11-12,15-16,25-28,50H,4,7-10,13-14,17-22H2. The zero-order valence-corrected chi connectivity index (χ0v) is 28.6. The Labute approximate surface area is 298 Å². The van der Waals surface area contributed by atoms with Crippen LogP contribution in [0.2, 0.25) is 0 Å². The van der Waals surface area contributed by atoms with Crippen molar-refractivity contribution in [1.82, 2.24) is 19.8 Å². The molecule has 0 radical (unpaired) electrons. The summed E-state index contributed by atoms with van der Waals surface area (Å²) in [6.07, 6.45) is 7.67. The van der Waals surface area contributed by atoms with E-state index in [2.05, 4.69) is 15.8 Å². The van der Waals surface area contributed by atoms with Crippen molar-refractivity contribution in [2.45, 2.75) is 63.2 Å². The third-order valence-corrected chi connectivity index (χ3v) is 12.3. The van der Waals surface area contributed by atoms with Gasteiger partial charge in [0.2, 0.25) is 0 Å². The Hall–Kier alpha value is -4.63. The monoisotopic (exact) mass is 713 g/mol. The number of benzene rings is 3. The highest BCUT2D eigenvalue weighted by atomic mass is 19.4. The number of alkyl halides is 3. The van der Waals surface area contributed by atoms with E-state index in [1.807, 2.05) is 4.90 Å². The largest absolute Gasteiger partial charge is 0.508 e. The first-order chi connectivity index (χ1) is 25.0. The van der Waals surface area contributed by atoms with E-state index in [1.165, 1.54) is 25.3 Å². The summed E-state index contributed by atoms with van der Waals surface area (Å²) < 4.78 is 64.0. The molecule has 1 amide bonds. The van der Waals surface area contributed by atoms with E-state index in [9.17, 15) is 23.1 Å². The van der Waals surface area contributed by atoms with Crippen molar-refractivity contribution in [3.8, 4) is 35.2 Å². The lowest BCUT2D eigenvalue weighted by molar-refractivity contribution is -0.188. The zero-order chi connectivity index (χ0) is 35.9. The molecule has 3 aliphatic heterocycles. The predicted molar refractivity (Wildman–Crippen MR) is 188 cm³/mol. The highest BCUT2D eigenvalue weighted by molar-refractivity contribution is 6.04. The van der Waals surface area contributed by atoms with Gasteiger partial charge in [-0.05, 0) is 85.6 Å². The molecule has 1 N–H and O–H groups in total. The SMILES string of the molecule is C#Cc1cccc2cc(O)cc(-c3ccc4c(N5CC6CCC(C5)N6C(=O)C(F)(F)F)nc(OCC5(CN6CC7CCCC7C6)CC5)nc4c3F)c12. The highest BCUT2D eigenvalue weighted by Gasteiger charge is 2.52. The van der Waals surface area contributed by atoms with Gasteiger partial charge in [0.1, 0.15) is 17.1 Å². The van der Waals surface area contributed by atoms with Gasteiger partial charge in [0, 0.05) is 60.0 Å². The van der Waals surface area contributed by atoms with Crippen molar-refractivity contribution < 1.29 is 32.2 Å². The van der Waals surface area contributed by atoms with Gasteiger partial charge in [0.15, 0.2) is 5.82 Å². The van der Waals surface area contributed by atoms with E-state index in [0.717, 1.165) is 49.2 Å². The molecule has 1 aromatic heterocycles. The number of carbonyl (C=O) groups excluding carboxylic acids is 1. The summed E-state index contributed by atoms with van der Waals surface area (Å²) in [6, 6.07) is 10.3.